The Bertz CT molecular complexity index is 4070. The molecule has 0 radical (unpaired) electrons. The van der Waals surface area contributed by atoms with Gasteiger partial charge in [-0.05, 0) is 161 Å². The van der Waals surface area contributed by atoms with Gasteiger partial charge >= 0.3 is 6.09 Å². The number of aromatic nitrogens is 2. The molecule has 0 fully saturated rings. The van der Waals surface area contributed by atoms with Gasteiger partial charge in [0.2, 0.25) is 23.6 Å². The molecule has 3 aliphatic heterocycles. The van der Waals surface area contributed by atoms with Crippen molar-refractivity contribution in [3.05, 3.63) is 187 Å². The Morgan fingerprint density at radius 3 is 1.23 bits per heavy atom. The molecule has 3 aliphatic rings. The topological polar surface area (TPSA) is 354 Å². The summed E-state index contributed by atoms with van der Waals surface area (Å²) in [6.45, 7) is 5.74. The monoisotopic (exact) mass is 1470 g/mol. The van der Waals surface area contributed by atoms with Gasteiger partial charge in [-0.1, -0.05) is 48.5 Å². The van der Waals surface area contributed by atoms with E-state index in [2.05, 4.69) is 26.6 Å². The lowest BCUT2D eigenvalue weighted by Gasteiger charge is -2.28. The first-order valence-corrected chi connectivity index (χ1v) is 34.7. The zero-order valence-electron chi connectivity index (χ0n) is 61.3. The van der Waals surface area contributed by atoms with Gasteiger partial charge in [0.25, 0.3) is 34.7 Å². The van der Waals surface area contributed by atoms with Crippen molar-refractivity contribution < 1.29 is 86.2 Å². The van der Waals surface area contributed by atoms with Crippen LogP contribution in [0.1, 0.15) is 144 Å². The highest BCUT2D eigenvalue weighted by atomic mass is 16.7. The van der Waals surface area contributed by atoms with Crippen LogP contribution in [0.25, 0.3) is 0 Å². The average Bonchev–Trinajstić information content (AvgIpc) is 0.803. The van der Waals surface area contributed by atoms with Crippen molar-refractivity contribution in [1.82, 2.24) is 56.0 Å². The summed E-state index contributed by atoms with van der Waals surface area (Å²) >= 11 is 0. The van der Waals surface area contributed by atoms with Crippen LogP contribution in [-0.4, -0.2) is 188 Å². The number of nitrogens with one attached hydrogen (secondary N) is 5. The smallest absolute Gasteiger partial charge is 0.407 e. The summed E-state index contributed by atoms with van der Waals surface area (Å²) in [6, 6.07) is 31.0. The second-order valence-corrected chi connectivity index (χ2v) is 25.6. The molecule has 2 aromatic heterocycles. The van der Waals surface area contributed by atoms with Crippen LogP contribution in [0.4, 0.5) is 4.79 Å². The van der Waals surface area contributed by atoms with E-state index >= 15 is 0 Å². The SMILES string of the molecule is COc1ccc(CON(CC(=O)N2CCCCN(C(=O)CN(OCc3ccc(OC)cc3)C(C)=O)CCCNC(=O)c3ccc(n(OCc4ccc(OC)cc4)c3=O)C(=O)N[C@@H](CCCCNC(=O)OC(C)(C)C)CNC(=O)c3ccc(c(=O)n3OCc3ccc(OC)cc3)C(=O)NCCC2)C(C)=O)cc1. The largest absolute Gasteiger partial charge is 0.497 e. The van der Waals surface area contributed by atoms with E-state index in [1.54, 1.807) is 118 Å². The number of unbranched alkanes of at least 4 members (excludes halogenated alkanes) is 1. The zero-order chi connectivity index (χ0) is 76.7. The van der Waals surface area contributed by atoms with Crippen LogP contribution < -0.4 is 66.3 Å². The third-order valence-corrected chi connectivity index (χ3v) is 16.5. The number of fused-ring (bicyclic) bond motifs is 2. The Labute approximate surface area is 614 Å². The van der Waals surface area contributed by atoms with E-state index in [0.717, 1.165) is 22.3 Å². The van der Waals surface area contributed by atoms with Gasteiger partial charge in [0.05, 0.1) is 28.4 Å². The fourth-order valence-corrected chi connectivity index (χ4v) is 10.7. The van der Waals surface area contributed by atoms with Gasteiger partial charge in [-0.2, -0.15) is 0 Å². The molecular formula is C75H95N11O20. The normalized spacial score (nSPS) is 14.4. The molecule has 1 atom stereocenters. The lowest BCUT2D eigenvalue weighted by molar-refractivity contribution is -0.193. The lowest BCUT2D eigenvalue weighted by atomic mass is 10.1. The van der Waals surface area contributed by atoms with E-state index in [9.17, 15) is 52.7 Å². The first kappa shape index (κ1) is 81.8. The number of methoxy groups -OCH3 is 4. The van der Waals surface area contributed by atoms with Gasteiger partial charge in [0, 0.05) is 72.2 Å². The molecule has 0 saturated carbocycles. The summed E-state index contributed by atoms with van der Waals surface area (Å²) in [5, 5.41) is 15.7. The molecule has 4 bridgehead atoms. The summed E-state index contributed by atoms with van der Waals surface area (Å²) in [6.07, 6.45) is 0.979. The molecule has 570 valence electrons. The predicted molar refractivity (Wildman–Crippen MR) is 386 cm³/mol. The molecule has 0 saturated heterocycles. The van der Waals surface area contributed by atoms with Gasteiger partial charge in [-0.15, -0.1) is 9.46 Å². The second kappa shape index (κ2) is 41.1. The van der Waals surface area contributed by atoms with Crippen LogP contribution >= 0.6 is 0 Å². The third-order valence-electron chi connectivity index (χ3n) is 16.5. The van der Waals surface area contributed by atoms with E-state index in [-0.39, 0.29) is 122 Å². The van der Waals surface area contributed by atoms with Crippen molar-refractivity contribution in [2.24, 2.45) is 0 Å². The van der Waals surface area contributed by atoms with Crippen molar-refractivity contribution >= 4 is 53.4 Å². The molecule has 9 rings (SSSR count). The van der Waals surface area contributed by atoms with Gasteiger partial charge < -0.3 is 69.7 Å². The van der Waals surface area contributed by atoms with Gasteiger partial charge in [-0.25, -0.2) is 14.9 Å². The third kappa shape index (κ3) is 25.7. The highest BCUT2D eigenvalue weighted by Gasteiger charge is 2.28. The van der Waals surface area contributed by atoms with Crippen molar-refractivity contribution in [3.8, 4) is 23.0 Å². The Morgan fingerprint density at radius 2 is 0.849 bits per heavy atom. The number of rotatable bonds is 25. The fraction of sp³-hybridized carbons (Fsp3) is 0.427. The number of hydroxylamine groups is 4. The van der Waals surface area contributed by atoms with Crippen LogP contribution in [0.3, 0.4) is 0 Å². The molecule has 31 heteroatoms. The maximum atomic E-state index is 14.7. The van der Waals surface area contributed by atoms with Crippen molar-refractivity contribution in [1.29, 1.82) is 0 Å². The highest BCUT2D eigenvalue weighted by Crippen LogP contribution is 2.18. The van der Waals surface area contributed by atoms with Crippen LogP contribution in [-0.2, 0) is 60.0 Å². The van der Waals surface area contributed by atoms with E-state index in [4.69, 9.17) is 43.0 Å². The Hall–Kier alpha value is -11.5. The van der Waals surface area contributed by atoms with Gasteiger partial charge in [0.15, 0.2) is 0 Å². The fourth-order valence-electron chi connectivity index (χ4n) is 10.7. The van der Waals surface area contributed by atoms with E-state index in [1.165, 1.54) is 64.2 Å². The molecule has 0 unspecified atom stereocenters. The zero-order valence-corrected chi connectivity index (χ0v) is 61.3. The van der Waals surface area contributed by atoms with Crippen molar-refractivity contribution in [3.63, 3.8) is 0 Å². The van der Waals surface area contributed by atoms with Crippen LogP contribution in [0, 0.1) is 0 Å². The van der Waals surface area contributed by atoms with E-state index in [1.807, 2.05) is 0 Å². The number of pyridine rings is 2. The van der Waals surface area contributed by atoms with Crippen molar-refractivity contribution in [2.45, 2.75) is 118 Å². The van der Waals surface area contributed by atoms with Crippen molar-refractivity contribution in [2.75, 3.05) is 93.9 Å². The maximum absolute atomic E-state index is 14.7. The molecule has 0 aliphatic carbocycles. The molecule has 5 N–H and O–H groups in total. The number of benzene rings is 4. The summed E-state index contributed by atoms with van der Waals surface area (Å²) in [7, 11) is 6.04. The highest BCUT2D eigenvalue weighted by molar-refractivity contribution is 5.98. The summed E-state index contributed by atoms with van der Waals surface area (Å²) < 4.78 is 27.9. The minimum Gasteiger partial charge on any atom is -0.497 e. The number of amides is 9. The van der Waals surface area contributed by atoms with E-state index < -0.39 is 100 Å². The maximum Gasteiger partial charge on any atom is 0.407 e. The Kier molecular flexibility index (Phi) is 31.8. The van der Waals surface area contributed by atoms with Gasteiger partial charge in [-0.3, -0.25) is 57.6 Å². The lowest BCUT2D eigenvalue weighted by Crippen LogP contribution is -2.47. The number of hydrogen-bond donors (Lipinski definition) is 5. The number of alkyl carbamates (subject to hydrolysis) is 1. The summed E-state index contributed by atoms with van der Waals surface area (Å²) in [5.41, 5.74) is -1.92. The first-order valence-electron chi connectivity index (χ1n) is 34.7. The van der Waals surface area contributed by atoms with Crippen LogP contribution in [0.2, 0.25) is 0 Å². The van der Waals surface area contributed by atoms with E-state index in [0.29, 0.717) is 67.6 Å². The molecular weight excluding hydrogens is 1370 g/mol. The minimum atomic E-state index is -1.03. The molecule has 4 aromatic carbocycles. The van der Waals surface area contributed by atoms with Crippen LogP contribution in [0.15, 0.2) is 131 Å². The molecule has 31 nitrogen and oxygen atoms in total. The quantitative estimate of drug-likeness (QED) is 0.0364. The molecule has 5 heterocycles. The number of nitrogens with zero attached hydrogens (tertiary/aromatic N) is 6. The Balaban J connectivity index is 1.23. The standard InChI is InChI=1S/C75H95N11O20/c1-51(87)83(102-47-53-17-25-58(98-6)26-18-53)45-66(89)81-40-12-13-41-82(67(90)46-84(52(2)88)103-48-54-19-27-59(99-7)28-20-54)43-15-39-77-69(92)63-34-36-65(86(73(63)96)105-50-56-23-31-61(101-9)32-24-56)71(94)80-57(16-10-11-37-78-74(97)106-75(3,4)5)44-79-70(93)64-35-33-62(68(91)76-38-14-42-81)72(95)85(64)104-49-55-21-29-60(100-8)30-22-55/h17-36,57H,10-16,37-50H2,1-9H3,(H,76,91)(H,77,92)(H,78,97)(H,79,93)(H,80,94)/t57-/m0/s1. The number of ether oxygens (including phenoxy) is 5. The number of carbonyl (C=O) groups excluding carboxylic acids is 9. The van der Waals surface area contributed by atoms with Gasteiger partial charge in [0.1, 0.15) is 90.6 Å². The number of carbonyl (C=O) groups is 9. The molecule has 106 heavy (non-hydrogen) atoms. The minimum absolute atomic E-state index is 0.00354. The molecule has 9 amide bonds. The molecule has 6 aromatic rings. The Morgan fingerprint density at radius 1 is 0.472 bits per heavy atom. The first-order chi connectivity index (χ1) is 50.9. The van der Waals surface area contributed by atoms with Crippen LogP contribution in [0.5, 0.6) is 23.0 Å². The summed E-state index contributed by atoms with van der Waals surface area (Å²) in [5.74, 6) is -3.39. The average molecular weight is 1470 g/mol. The predicted octanol–water partition coefficient (Wildman–Crippen LogP) is 5.18. The molecule has 0 spiro atoms. The number of hydrogen-bond acceptors (Lipinski definition) is 20. The summed E-state index contributed by atoms with van der Waals surface area (Å²) in [4.78, 5) is 181. The second-order valence-electron chi connectivity index (χ2n) is 25.6.